The third kappa shape index (κ3) is 4.31. The second-order valence-corrected chi connectivity index (χ2v) is 6.66. The van der Waals surface area contributed by atoms with E-state index in [1.807, 2.05) is 36.7 Å². The van der Waals surface area contributed by atoms with Gasteiger partial charge in [-0.3, -0.25) is 4.79 Å². The van der Waals surface area contributed by atoms with Crippen LogP contribution < -0.4 is 10.6 Å². The van der Waals surface area contributed by atoms with E-state index >= 15 is 0 Å². The Morgan fingerprint density at radius 1 is 1.31 bits per heavy atom. The van der Waals surface area contributed by atoms with Gasteiger partial charge in [-0.2, -0.15) is 0 Å². The lowest BCUT2D eigenvalue weighted by Crippen LogP contribution is -2.34. The summed E-state index contributed by atoms with van der Waals surface area (Å²) in [5.41, 5.74) is 1.84. The van der Waals surface area contributed by atoms with Gasteiger partial charge in [0.05, 0.1) is 6.04 Å². The Kier molecular flexibility index (Phi) is 6.41. The monoisotopic (exact) mass is 356 g/mol. The van der Waals surface area contributed by atoms with Crippen molar-refractivity contribution in [2.24, 2.45) is 5.92 Å². The quantitative estimate of drug-likeness (QED) is 0.800. The molecule has 1 amide bonds. The van der Waals surface area contributed by atoms with Crippen molar-refractivity contribution in [3.63, 3.8) is 0 Å². The Morgan fingerprint density at radius 3 is 2.69 bits per heavy atom. The lowest BCUT2D eigenvalue weighted by Gasteiger charge is -2.31. The summed E-state index contributed by atoms with van der Waals surface area (Å²) in [5.74, 6) is 1.55. The summed E-state index contributed by atoms with van der Waals surface area (Å²) in [4.78, 5) is 16.3. The van der Waals surface area contributed by atoms with Gasteiger partial charge < -0.3 is 19.9 Å². The number of imidazole rings is 1. The molecule has 26 heavy (non-hydrogen) atoms. The lowest BCUT2D eigenvalue weighted by molar-refractivity contribution is 0.0517. The average Bonchev–Trinajstić information content (AvgIpc) is 3.17. The molecule has 1 aliphatic heterocycles. The number of rotatable bonds is 7. The summed E-state index contributed by atoms with van der Waals surface area (Å²) < 4.78 is 7.75. The first-order chi connectivity index (χ1) is 12.7. The van der Waals surface area contributed by atoms with Gasteiger partial charge in [0.2, 0.25) is 0 Å². The van der Waals surface area contributed by atoms with Crippen LogP contribution in [-0.4, -0.2) is 35.7 Å². The number of carbonyl (C=O) groups excluding carboxylic acids is 1. The van der Waals surface area contributed by atoms with Crippen molar-refractivity contribution in [1.82, 2.24) is 20.2 Å². The van der Waals surface area contributed by atoms with Gasteiger partial charge in [-0.1, -0.05) is 12.1 Å². The number of benzene rings is 1. The van der Waals surface area contributed by atoms with Crippen molar-refractivity contribution in [2.45, 2.75) is 38.9 Å². The fraction of sp³-hybridized carbons (Fsp3) is 0.500. The van der Waals surface area contributed by atoms with E-state index in [9.17, 15) is 4.79 Å². The molecule has 0 bridgehead atoms. The first-order valence-electron chi connectivity index (χ1n) is 9.36. The molecule has 1 aliphatic rings. The van der Waals surface area contributed by atoms with Crippen LogP contribution >= 0.6 is 0 Å². The van der Waals surface area contributed by atoms with Crippen LogP contribution in [0.1, 0.15) is 47.6 Å². The highest BCUT2D eigenvalue weighted by atomic mass is 16.5. The summed E-state index contributed by atoms with van der Waals surface area (Å²) in [6, 6.07) is 7.95. The third-order valence-electron chi connectivity index (χ3n) is 5.07. The van der Waals surface area contributed by atoms with Gasteiger partial charge in [-0.05, 0) is 43.4 Å². The molecule has 2 N–H and O–H groups in total. The Balaban J connectivity index is 1.72. The van der Waals surface area contributed by atoms with E-state index in [1.165, 1.54) is 0 Å². The van der Waals surface area contributed by atoms with Gasteiger partial charge in [0.1, 0.15) is 5.82 Å². The van der Waals surface area contributed by atoms with E-state index in [4.69, 9.17) is 4.74 Å². The van der Waals surface area contributed by atoms with E-state index in [-0.39, 0.29) is 11.9 Å². The maximum absolute atomic E-state index is 11.7. The van der Waals surface area contributed by atoms with Crippen LogP contribution in [0.3, 0.4) is 0 Å². The topological polar surface area (TPSA) is 68.2 Å². The van der Waals surface area contributed by atoms with Crippen molar-refractivity contribution in [2.75, 3.05) is 20.3 Å². The minimum absolute atomic E-state index is 0.0606. The molecule has 2 heterocycles. The van der Waals surface area contributed by atoms with Crippen LogP contribution in [0.2, 0.25) is 0 Å². The molecule has 1 saturated heterocycles. The third-order valence-corrected chi connectivity index (χ3v) is 5.07. The fourth-order valence-corrected chi connectivity index (χ4v) is 3.53. The molecular formula is C20H28N4O2. The number of aromatic nitrogens is 2. The Bertz CT molecular complexity index is 705. The average molecular weight is 356 g/mol. The molecule has 1 aromatic carbocycles. The van der Waals surface area contributed by atoms with Crippen molar-refractivity contribution in [1.29, 1.82) is 0 Å². The molecule has 6 heteroatoms. The second-order valence-electron chi connectivity index (χ2n) is 6.66. The zero-order valence-electron chi connectivity index (χ0n) is 15.6. The molecular weight excluding hydrogens is 328 g/mol. The Morgan fingerprint density at radius 2 is 2.04 bits per heavy atom. The van der Waals surface area contributed by atoms with Gasteiger partial charge >= 0.3 is 0 Å². The fourth-order valence-electron chi connectivity index (χ4n) is 3.53. The summed E-state index contributed by atoms with van der Waals surface area (Å²) in [6.07, 6.45) is 6.01. The number of ether oxygens (including phenoxy) is 1. The van der Waals surface area contributed by atoms with Gasteiger partial charge in [0.25, 0.3) is 5.91 Å². The Hall–Kier alpha value is -2.18. The van der Waals surface area contributed by atoms with Crippen molar-refractivity contribution >= 4 is 5.91 Å². The second kappa shape index (κ2) is 8.96. The molecule has 0 spiro atoms. The predicted octanol–water partition coefficient (Wildman–Crippen LogP) is 2.52. The number of hydrogen-bond acceptors (Lipinski definition) is 4. The Labute approximate surface area is 155 Å². The molecule has 1 aromatic heterocycles. The molecule has 2 aromatic rings. The van der Waals surface area contributed by atoms with Crippen molar-refractivity contribution < 1.29 is 9.53 Å². The molecule has 0 unspecified atom stereocenters. The molecule has 0 saturated carbocycles. The predicted molar refractivity (Wildman–Crippen MR) is 101 cm³/mol. The lowest BCUT2D eigenvalue weighted by atomic mass is 9.90. The molecule has 6 nitrogen and oxygen atoms in total. The van der Waals surface area contributed by atoms with E-state index in [0.29, 0.717) is 11.5 Å². The normalized spacial score (nSPS) is 16.4. The molecule has 3 rings (SSSR count). The van der Waals surface area contributed by atoms with Crippen molar-refractivity contribution in [3.05, 3.63) is 53.6 Å². The number of hydrogen-bond donors (Lipinski definition) is 2. The summed E-state index contributed by atoms with van der Waals surface area (Å²) in [5, 5.41) is 6.35. The highest BCUT2D eigenvalue weighted by Gasteiger charge is 2.28. The highest BCUT2D eigenvalue weighted by Crippen LogP contribution is 2.29. The van der Waals surface area contributed by atoms with Crippen LogP contribution in [0, 0.1) is 5.92 Å². The number of amides is 1. The SMILES string of the molecule is CCn1ccnc1[C@H](NCc1ccc(C(=O)NC)cc1)C1CCOCC1. The van der Waals surface area contributed by atoms with E-state index in [2.05, 4.69) is 27.1 Å². The molecule has 1 atom stereocenters. The summed E-state index contributed by atoms with van der Waals surface area (Å²) >= 11 is 0. The number of aryl methyl sites for hydroxylation is 1. The maximum Gasteiger partial charge on any atom is 0.251 e. The molecule has 1 fully saturated rings. The molecule has 0 radical (unpaired) electrons. The van der Waals surface area contributed by atoms with Crippen LogP contribution in [-0.2, 0) is 17.8 Å². The van der Waals surface area contributed by atoms with E-state index in [0.717, 1.165) is 50.5 Å². The zero-order valence-corrected chi connectivity index (χ0v) is 15.6. The van der Waals surface area contributed by atoms with E-state index < -0.39 is 0 Å². The first-order valence-corrected chi connectivity index (χ1v) is 9.36. The highest BCUT2D eigenvalue weighted by molar-refractivity contribution is 5.93. The zero-order chi connectivity index (χ0) is 18.4. The molecule has 0 aliphatic carbocycles. The van der Waals surface area contributed by atoms with Gasteiger partial charge in [-0.25, -0.2) is 4.98 Å². The molecule has 140 valence electrons. The maximum atomic E-state index is 11.7. The standard InChI is InChI=1S/C20H28N4O2/c1-3-24-11-10-22-19(24)18(16-8-12-26-13-9-16)23-14-15-4-6-17(7-5-15)20(25)21-2/h4-7,10-11,16,18,23H,3,8-9,12-14H2,1-2H3,(H,21,25)/t18-/m1/s1. The first kappa shape index (κ1) is 18.6. The largest absolute Gasteiger partial charge is 0.381 e. The smallest absolute Gasteiger partial charge is 0.251 e. The minimum Gasteiger partial charge on any atom is -0.381 e. The minimum atomic E-state index is -0.0606. The van der Waals surface area contributed by atoms with Gasteiger partial charge in [-0.15, -0.1) is 0 Å². The van der Waals surface area contributed by atoms with Crippen molar-refractivity contribution in [3.8, 4) is 0 Å². The van der Waals surface area contributed by atoms with E-state index in [1.54, 1.807) is 7.05 Å². The number of nitrogens with zero attached hydrogens (tertiary/aromatic N) is 2. The summed E-state index contributed by atoms with van der Waals surface area (Å²) in [7, 11) is 1.64. The number of nitrogens with one attached hydrogen (secondary N) is 2. The van der Waals surface area contributed by atoms with Crippen LogP contribution in [0.5, 0.6) is 0 Å². The van der Waals surface area contributed by atoms with Crippen LogP contribution in [0.25, 0.3) is 0 Å². The van der Waals surface area contributed by atoms with Crippen LogP contribution in [0.4, 0.5) is 0 Å². The van der Waals surface area contributed by atoms with Gasteiger partial charge in [0, 0.05) is 51.3 Å². The van der Waals surface area contributed by atoms with Gasteiger partial charge in [0.15, 0.2) is 0 Å². The number of carbonyl (C=O) groups is 1. The van der Waals surface area contributed by atoms with Crippen LogP contribution in [0.15, 0.2) is 36.7 Å². The summed E-state index contributed by atoms with van der Waals surface area (Å²) in [6.45, 7) is 5.43.